The maximum Gasteiger partial charge on any atom is 0.120 e. The van der Waals surface area contributed by atoms with Crippen LogP contribution in [-0.2, 0) is 0 Å². The number of ether oxygens (including phenoxy) is 1. The van der Waals surface area contributed by atoms with Crippen molar-refractivity contribution in [1.82, 2.24) is 0 Å². The van der Waals surface area contributed by atoms with E-state index in [0.29, 0.717) is 6.61 Å². The van der Waals surface area contributed by atoms with Crippen LogP contribution in [0.15, 0.2) is 36.4 Å². The summed E-state index contributed by atoms with van der Waals surface area (Å²) < 4.78 is 5.30. The molecule has 0 atom stereocenters. The third-order valence-corrected chi connectivity index (χ3v) is 1.42. The normalized spacial score (nSPS) is 9.36. The average Bonchev–Trinajstić information content (AvgIpc) is 2.24. The number of phenolic OH excluding ortho intramolecular Hbond substituents is 1. The summed E-state index contributed by atoms with van der Waals surface area (Å²) in [5.74, 6) is 1.03. The molecule has 1 aromatic rings. The summed E-state index contributed by atoms with van der Waals surface area (Å²) in [6.45, 7) is 6.52. The number of hydrogen-bond donors (Lipinski definition) is 1. The minimum atomic E-state index is 0.258. The van der Waals surface area contributed by atoms with Crippen molar-refractivity contribution in [3.05, 3.63) is 36.4 Å². The minimum absolute atomic E-state index is 0.258. The van der Waals surface area contributed by atoms with Crippen LogP contribution >= 0.6 is 0 Å². The second-order valence-electron chi connectivity index (χ2n) is 2.37. The molecule has 2 heteroatoms. The molecule has 78 valence electrons. The fourth-order valence-electron chi connectivity index (χ4n) is 0.783. The Bertz CT molecular complexity index is 250. The van der Waals surface area contributed by atoms with Gasteiger partial charge in [0.1, 0.15) is 18.1 Å². The molecule has 0 aliphatic heterocycles. The van der Waals surface area contributed by atoms with E-state index in [2.05, 4.69) is 0 Å². The molecular formula is C12H18O2. The van der Waals surface area contributed by atoms with E-state index in [9.17, 15) is 0 Å². The van der Waals surface area contributed by atoms with E-state index < -0.39 is 0 Å². The second-order valence-corrected chi connectivity index (χ2v) is 2.37. The van der Waals surface area contributed by atoms with Crippen LogP contribution in [0, 0.1) is 0 Å². The first-order valence-electron chi connectivity index (χ1n) is 4.86. The lowest BCUT2D eigenvalue weighted by Crippen LogP contribution is -1.91. The van der Waals surface area contributed by atoms with E-state index in [-0.39, 0.29) is 5.75 Å². The van der Waals surface area contributed by atoms with Gasteiger partial charge in [-0.05, 0) is 31.2 Å². The fraction of sp³-hybridized carbons (Fsp3) is 0.333. The van der Waals surface area contributed by atoms with E-state index in [1.165, 1.54) is 0 Å². The Hall–Kier alpha value is -1.44. The molecule has 0 aromatic heterocycles. The number of phenols is 1. The molecule has 1 N–H and O–H groups in total. The highest BCUT2D eigenvalue weighted by molar-refractivity contribution is 5.30. The van der Waals surface area contributed by atoms with Crippen LogP contribution in [0.1, 0.15) is 20.8 Å². The molecule has 2 nitrogen and oxygen atoms in total. The molecule has 1 aromatic carbocycles. The lowest BCUT2D eigenvalue weighted by molar-refractivity contribution is 0.361. The SMILES string of the molecule is C/C=C/COc1ccc(O)cc1.CC. The monoisotopic (exact) mass is 194 g/mol. The number of allylic oxidation sites excluding steroid dienone is 1. The van der Waals surface area contributed by atoms with E-state index in [0.717, 1.165) is 5.75 Å². The minimum Gasteiger partial charge on any atom is -0.508 e. The number of rotatable bonds is 3. The molecule has 0 radical (unpaired) electrons. The summed E-state index contributed by atoms with van der Waals surface area (Å²) in [6, 6.07) is 6.67. The lowest BCUT2D eigenvalue weighted by atomic mass is 10.3. The summed E-state index contributed by atoms with van der Waals surface area (Å²) in [5.41, 5.74) is 0. The van der Waals surface area contributed by atoms with E-state index in [4.69, 9.17) is 9.84 Å². The molecule has 0 aliphatic rings. The average molecular weight is 194 g/mol. The molecular weight excluding hydrogens is 176 g/mol. The van der Waals surface area contributed by atoms with Crippen LogP contribution in [0.2, 0.25) is 0 Å². The Morgan fingerprint density at radius 1 is 1.21 bits per heavy atom. The van der Waals surface area contributed by atoms with Crippen LogP contribution in [0.3, 0.4) is 0 Å². The van der Waals surface area contributed by atoms with Crippen molar-refractivity contribution in [2.45, 2.75) is 20.8 Å². The zero-order chi connectivity index (χ0) is 10.8. The van der Waals surface area contributed by atoms with Crippen molar-refractivity contribution < 1.29 is 9.84 Å². The van der Waals surface area contributed by atoms with Gasteiger partial charge in [0.25, 0.3) is 0 Å². The molecule has 0 unspecified atom stereocenters. The highest BCUT2D eigenvalue weighted by Crippen LogP contribution is 2.15. The molecule has 0 spiro atoms. The summed E-state index contributed by atoms with van der Waals surface area (Å²) in [7, 11) is 0. The highest BCUT2D eigenvalue weighted by Gasteiger charge is 1.90. The maximum absolute atomic E-state index is 8.96. The Balaban J connectivity index is 0.000000791. The Kier molecular flexibility index (Phi) is 7.33. The van der Waals surface area contributed by atoms with Crippen LogP contribution < -0.4 is 4.74 Å². The quantitative estimate of drug-likeness (QED) is 0.747. The van der Waals surface area contributed by atoms with Crippen molar-refractivity contribution in [1.29, 1.82) is 0 Å². The van der Waals surface area contributed by atoms with Gasteiger partial charge in [0.15, 0.2) is 0 Å². The van der Waals surface area contributed by atoms with Crippen molar-refractivity contribution in [2.75, 3.05) is 6.61 Å². The van der Waals surface area contributed by atoms with E-state index in [1.54, 1.807) is 24.3 Å². The first-order chi connectivity index (χ1) is 6.83. The zero-order valence-corrected chi connectivity index (χ0v) is 9.03. The topological polar surface area (TPSA) is 29.5 Å². The first kappa shape index (κ1) is 12.6. The standard InChI is InChI=1S/C10H12O2.C2H6/c1-2-3-8-12-10-6-4-9(11)5-7-10;1-2/h2-7,11H,8H2,1H3;1-2H3/b3-2+;. The van der Waals surface area contributed by atoms with Gasteiger partial charge >= 0.3 is 0 Å². The van der Waals surface area contributed by atoms with Gasteiger partial charge in [-0.1, -0.05) is 26.0 Å². The largest absolute Gasteiger partial charge is 0.508 e. The van der Waals surface area contributed by atoms with Crippen molar-refractivity contribution >= 4 is 0 Å². The van der Waals surface area contributed by atoms with E-state index in [1.807, 2.05) is 32.9 Å². The van der Waals surface area contributed by atoms with Gasteiger partial charge < -0.3 is 9.84 Å². The van der Waals surface area contributed by atoms with Gasteiger partial charge in [-0.25, -0.2) is 0 Å². The summed E-state index contributed by atoms with van der Waals surface area (Å²) in [5, 5.41) is 8.96. The number of aromatic hydroxyl groups is 1. The summed E-state index contributed by atoms with van der Waals surface area (Å²) in [6.07, 6.45) is 3.85. The second kappa shape index (κ2) is 8.17. The molecule has 14 heavy (non-hydrogen) atoms. The predicted octanol–water partition coefficient (Wildman–Crippen LogP) is 3.37. The van der Waals surface area contributed by atoms with Crippen LogP contribution in [0.4, 0.5) is 0 Å². The molecule has 0 aliphatic carbocycles. The third kappa shape index (κ3) is 5.25. The fourth-order valence-corrected chi connectivity index (χ4v) is 0.783. The zero-order valence-electron chi connectivity index (χ0n) is 9.03. The van der Waals surface area contributed by atoms with Crippen molar-refractivity contribution in [2.24, 2.45) is 0 Å². The molecule has 1 rings (SSSR count). The van der Waals surface area contributed by atoms with Gasteiger partial charge in [-0.3, -0.25) is 0 Å². The highest BCUT2D eigenvalue weighted by atomic mass is 16.5. The molecule has 0 heterocycles. The van der Waals surface area contributed by atoms with Gasteiger partial charge in [-0.15, -0.1) is 0 Å². The van der Waals surface area contributed by atoms with Crippen LogP contribution in [-0.4, -0.2) is 11.7 Å². The smallest absolute Gasteiger partial charge is 0.120 e. The van der Waals surface area contributed by atoms with Crippen LogP contribution in [0.25, 0.3) is 0 Å². The van der Waals surface area contributed by atoms with Crippen molar-refractivity contribution in [3.63, 3.8) is 0 Å². The predicted molar refractivity (Wildman–Crippen MR) is 59.8 cm³/mol. The van der Waals surface area contributed by atoms with Crippen molar-refractivity contribution in [3.8, 4) is 11.5 Å². The molecule has 0 saturated carbocycles. The maximum atomic E-state index is 8.96. The van der Waals surface area contributed by atoms with Crippen LogP contribution in [0.5, 0.6) is 11.5 Å². The Labute approximate surface area is 85.8 Å². The van der Waals surface area contributed by atoms with Gasteiger partial charge in [0, 0.05) is 0 Å². The third-order valence-electron chi connectivity index (χ3n) is 1.42. The van der Waals surface area contributed by atoms with Gasteiger partial charge in [0.05, 0.1) is 0 Å². The number of hydrogen-bond acceptors (Lipinski definition) is 2. The summed E-state index contributed by atoms with van der Waals surface area (Å²) >= 11 is 0. The molecule has 0 saturated heterocycles. The first-order valence-corrected chi connectivity index (χ1v) is 4.86. The molecule has 0 amide bonds. The van der Waals surface area contributed by atoms with E-state index >= 15 is 0 Å². The number of benzene rings is 1. The lowest BCUT2D eigenvalue weighted by Gasteiger charge is -2.01. The van der Waals surface area contributed by atoms with Gasteiger partial charge in [-0.2, -0.15) is 0 Å². The molecule has 0 bridgehead atoms. The molecule has 0 fully saturated rings. The Morgan fingerprint density at radius 2 is 1.79 bits per heavy atom. The Morgan fingerprint density at radius 3 is 2.29 bits per heavy atom. The van der Waals surface area contributed by atoms with Gasteiger partial charge in [0.2, 0.25) is 0 Å². The summed E-state index contributed by atoms with van der Waals surface area (Å²) in [4.78, 5) is 0.